The van der Waals surface area contributed by atoms with E-state index in [1.165, 1.54) is 0 Å². The molecule has 1 amide bonds. The van der Waals surface area contributed by atoms with E-state index in [1.807, 2.05) is 6.07 Å². The van der Waals surface area contributed by atoms with Crippen molar-refractivity contribution in [1.29, 1.82) is 0 Å². The summed E-state index contributed by atoms with van der Waals surface area (Å²) in [4.78, 5) is 21.3. The van der Waals surface area contributed by atoms with Gasteiger partial charge in [0.15, 0.2) is 5.96 Å². The van der Waals surface area contributed by atoms with Crippen LogP contribution in [0.5, 0.6) is 0 Å². The van der Waals surface area contributed by atoms with Crippen molar-refractivity contribution in [2.45, 2.75) is 6.42 Å². The van der Waals surface area contributed by atoms with E-state index in [0.29, 0.717) is 17.8 Å². The molecule has 0 aliphatic carbocycles. The molecule has 100 valence electrons. The van der Waals surface area contributed by atoms with E-state index in [9.17, 15) is 4.79 Å². The molecule has 1 aromatic carbocycles. The number of nitrogens with two attached hydrogens (primary N) is 3. The van der Waals surface area contributed by atoms with Gasteiger partial charge in [0, 0.05) is 19.2 Å². The van der Waals surface area contributed by atoms with Gasteiger partial charge < -0.3 is 22.1 Å². The highest BCUT2D eigenvalue weighted by Crippen LogP contribution is 2.23. The van der Waals surface area contributed by atoms with Crippen LogP contribution in [0.15, 0.2) is 28.2 Å². The predicted molar refractivity (Wildman–Crippen MR) is 74.2 cm³/mol. The van der Waals surface area contributed by atoms with E-state index in [-0.39, 0.29) is 17.8 Å². The number of hydrogen-bond acceptors (Lipinski definition) is 2. The zero-order valence-corrected chi connectivity index (χ0v) is 10.6. The summed E-state index contributed by atoms with van der Waals surface area (Å²) in [5, 5.41) is 0. The lowest BCUT2D eigenvalue weighted by Crippen LogP contribution is -2.33. The Labute approximate surface area is 110 Å². The molecule has 0 saturated carbocycles. The average molecular weight is 260 g/mol. The molecule has 1 aromatic rings. The lowest BCUT2D eigenvalue weighted by molar-refractivity contribution is 0.0781. The monoisotopic (exact) mass is 260 g/mol. The highest BCUT2D eigenvalue weighted by atomic mass is 16.2. The first-order valence-electron chi connectivity index (χ1n) is 5.79. The number of hydrogen-bond donors (Lipinski definition) is 3. The minimum absolute atomic E-state index is 0.0146. The Morgan fingerprint density at radius 3 is 2.74 bits per heavy atom. The number of carbonyl (C=O) groups excluding carboxylic acids is 1. The van der Waals surface area contributed by atoms with Gasteiger partial charge in [-0.2, -0.15) is 4.99 Å². The zero-order valence-electron chi connectivity index (χ0n) is 10.6. The first-order valence-corrected chi connectivity index (χ1v) is 5.79. The molecule has 0 saturated heterocycles. The summed E-state index contributed by atoms with van der Waals surface area (Å²) in [6.07, 6.45) is 0.795. The molecule has 1 heterocycles. The second kappa shape index (κ2) is 4.97. The van der Waals surface area contributed by atoms with Gasteiger partial charge in [-0.1, -0.05) is 0 Å². The third-order valence-corrected chi connectivity index (χ3v) is 2.87. The van der Waals surface area contributed by atoms with Crippen LogP contribution in [-0.2, 0) is 6.42 Å². The Bertz CT molecular complexity index is 574. The molecule has 0 bridgehead atoms. The number of aliphatic imine (C=N–C) groups is 2. The average Bonchev–Trinajstić information content (AvgIpc) is 2.33. The number of amides is 1. The molecular weight excluding hydrogens is 244 g/mol. The van der Waals surface area contributed by atoms with Crippen LogP contribution in [0.4, 0.5) is 5.69 Å². The Morgan fingerprint density at radius 1 is 1.32 bits per heavy atom. The number of carbonyl (C=O) groups is 1. The van der Waals surface area contributed by atoms with Gasteiger partial charge in [0.1, 0.15) is 0 Å². The van der Waals surface area contributed by atoms with Crippen LogP contribution in [0.1, 0.15) is 15.9 Å². The Balaban J connectivity index is 2.33. The number of guanidine groups is 2. The molecule has 7 heteroatoms. The van der Waals surface area contributed by atoms with Crippen molar-refractivity contribution in [2.24, 2.45) is 27.2 Å². The van der Waals surface area contributed by atoms with Crippen molar-refractivity contribution in [3.8, 4) is 0 Å². The standard InChI is InChI=1S/C12H16N6O/c1-18-5-4-7-6-8(2-3-9(7)10(18)19)16-12(15)17-11(13)14/h2-3,6H,4-5H2,1H3,(H6,13,14,15,16,17). The van der Waals surface area contributed by atoms with E-state index in [1.54, 1.807) is 24.1 Å². The molecule has 0 atom stereocenters. The number of nitrogens with zero attached hydrogens (tertiary/aromatic N) is 3. The molecule has 0 aromatic heterocycles. The normalized spacial score (nSPS) is 15.1. The summed E-state index contributed by atoms with van der Waals surface area (Å²) < 4.78 is 0. The number of fused-ring (bicyclic) bond motifs is 1. The maximum atomic E-state index is 11.9. The van der Waals surface area contributed by atoms with Crippen LogP contribution in [0, 0.1) is 0 Å². The second-order valence-corrected chi connectivity index (χ2v) is 4.32. The van der Waals surface area contributed by atoms with Crippen molar-refractivity contribution in [2.75, 3.05) is 13.6 Å². The van der Waals surface area contributed by atoms with Crippen LogP contribution in [0.2, 0.25) is 0 Å². The fourth-order valence-corrected chi connectivity index (χ4v) is 1.95. The molecule has 7 nitrogen and oxygen atoms in total. The molecule has 2 rings (SSSR count). The van der Waals surface area contributed by atoms with Crippen LogP contribution in [-0.4, -0.2) is 36.3 Å². The van der Waals surface area contributed by atoms with Crippen molar-refractivity contribution < 1.29 is 4.79 Å². The maximum absolute atomic E-state index is 11.9. The number of likely N-dealkylation sites (N-methyl/N-ethyl adjacent to an activating group) is 1. The van der Waals surface area contributed by atoms with Crippen LogP contribution < -0.4 is 17.2 Å². The Kier molecular flexibility index (Phi) is 3.37. The van der Waals surface area contributed by atoms with E-state index < -0.39 is 0 Å². The van der Waals surface area contributed by atoms with Gasteiger partial charge in [0.2, 0.25) is 5.96 Å². The predicted octanol–water partition coefficient (Wildman–Crippen LogP) is -0.466. The van der Waals surface area contributed by atoms with Gasteiger partial charge in [-0.3, -0.25) is 4.79 Å². The Hall–Kier alpha value is -2.57. The minimum Gasteiger partial charge on any atom is -0.370 e. The third kappa shape index (κ3) is 2.82. The van der Waals surface area contributed by atoms with E-state index in [4.69, 9.17) is 17.2 Å². The molecule has 19 heavy (non-hydrogen) atoms. The molecule has 1 aliphatic heterocycles. The SMILES string of the molecule is CN1CCc2cc(N=C(N)N=C(N)N)ccc2C1=O. The molecule has 0 spiro atoms. The molecule has 0 fully saturated rings. The molecule has 0 radical (unpaired) electrons. The van der Waals surface area contributed by atoms with Crippen molar-refractivity contribution in [1.82, 2.24) is 4.90 Å². The summed E-state index contributed by atoms with van der Waals surface area (Å²) >= 11 is 0. The van der Waals surface area contributed by atoms with Crippen molar-refractivity contribution in [3.05, 3.63) is 29.3 Å². The summed E-state index contributed by atoms with van der Waals surface area (Å²) in [5.74, 6) is -0.135. The lowest BCUT2D eigenvalue weighted by Gasteiger charge is -2.24. The summed E-state index contributed by atoms with van der Waals surface area (Å²) in [6.45, 7) is 0.697. The topological polar surface area (TPSA) is 123 Å². The largest absolute Gasteiger partial charge is 0.370 e. The number of rotatable bonds is 1. The quantitative estimate of drug-likeness (QED) is 0.466. The molecule has 1 aliphatic rings. The van der Waals surface area contributed by atoms with Gasteiger partial charge >= 0.3 is 0 Å². The Morgan fingerprint density at radius 2 is 2.05 bits per heavy atom. The highest BCUT2D eigenvalue weighted by molar-refractivity contribution is 5.97. The van der Waals surface area contributed by atoms with Crippen molar-refractivity contribution in [3.63, 3.8) is 0 Å². The second-order valence-electron chi connectivity index (χ2n) is 4.32. The van der Waals surface area contributed by atoms with E-state index >= 15 is 0 Å². The highest BCUT2D eigenvalue weighted by Gasteiger charge is 2.21. The maximum Gasteiger partial charge on any atom is 0.253 e. The van der Waals surface area contributed by atoms with E-state index in [0.717, 1.165) is 12.0 Å². The fourth-order valence-electron chi connectivity index (χ4n) is 1.95. The third-order valence-electron chi connectivity index (χ3n) is 2.87. The van der Waals surface area contributed by atoms with Crippen molar-refractivity contribution >= 4 is 23.5 Å². The first-order chi connectivity index (χ1) is 8.97. The minimum atomic E-state index is -0.143. The zero-order chi connectivity index (χ0) is 14.0. The van der Waals surface area contributed by atoms with Gasteiger partial charge in [-0.15, -0.1) is 0 Å². The lowest BCUT2D eigenvalue weighted by atomic mass is 9.99. The van der Waals surface area contributed by atoms with Gasteiger partial charge in [-0.25, -0.2) is 4.99 Å². The van der Waals surface area contributed by atoms with Crippen LogP contribution >= 0.6 is 0 Å². The number of benzene rings is 1. The fraction of sp³-hybridized carbons (Fsp3) is 0.250. The summed E-state index contributed by atoms with van der Waals surface area (Å²) in [7, 11) is 1.79. The molecule has 6 N–H and O–H groups in total. The van der Waals surface area contributed by atoms with Gasteiger partial charge in [0.25, 0.3) is 5.91 Å². The molecule has 0 unspecified atom stereocenters. The molecular formula is C12H16N6O. The van der Waals surface area contributed by atoms with Gasteiger partial charge in [0.05, 0.1) is 5.69 Å². The van der Waals surface area contributed by atoms with Crippen LogP contribution in [0.25, 0.3) is 0 Å². The van der Waals surface area contributed by atoms with Gasteiger partial charge in [-0.05, 0) is 30.2 Å². The summed E-state index contributed by atoms with van der Waals surface area (Å²) in [5.41, 5.74) is 18.3. The summed E-state index contributed by atoms with van der Waals surface area (Å²) in [6, 6.07) is 5.29. The first kappa shape index (κ1) is 12.9. The smallest absolute Gasteiger partial charge is 0.253 e. The van der Waals surface area contributed by atoms with E-state index in [2.05, 4.69) is 9.98 Å². The van der Waals surface area contributed by atoms with Crippen LogP contribution in [0.3, 0.4) is 0 Å².